The smallest absolute Gasteiger partial charge is 0.137 e. The van der Waals surface area contributed by atoms with Crippen molar-refractivity contribution in [3.63, 3.8) is 0 Å². The van der Waals surface area contributed by atoms with Gasteiger partial charge in [0.15, 0.2) is 0 Å². The molecule has 4 heteroatoms. The second kappa shape index (κ2) is 3.14. The van der Waals surface area contributed by atoms with Gasteiger partial charge in [0.25, 0.3) is 0 Å². The molecule has 0 bridgehead atoms. The first-order chi connectivity index (χ1) is 6.31. The molecule has 3 nitrogen and oxygen atoms in total. The number of alkyl halides is 1. The molecule has 2 aromatic rings. The molecular formula is C9H9FN2O. The van der Waals surface area contributed by atoms with Gasteiger partial charge in [-0.2, -0.15) is 0 Å². The summed E-state index contributed by atoms with van der Waals surface area (Å²) in [4.78, 5) is 4.06. The summed E-state index contributed by atoms with van der Waals surface area (Å²) < 4.78 is 13.8. The Morgan fingerprint density at radius 1 is 1.54 bits per heavy atom. The highest BCUT2D eigenvalue weighted by Gasteiger charge is 2.10. The lowest BCUT2D eigenvalue weighted by molar-refractivity contribution is 0.138. The van der Waals surface area contributed by atoms with Crippen LogP contribution in [0.3, 0.4) is 0 Å². The van der Waals surface area contributed by atoms with Gasteiger partial charge in [-0.3, -0.25) is 0 Å². The van der Waals surface area contributed by atoms with Gasteiger partial charge >= 0.3 is 0 Å². The van der Waals surface area contributed by atoms with E-state index in [0.717, 1.165) is 0 Å². The highest BCUT2D eigenvalue weighted by Crippen LogP contribution is 2.13. The fourth-order valence-corrected chi connectivity index (χ4v) is 1.19. The SMILES string of the molecule is OC(CF)c1cn2ccccc2n1. The maximum absolute atomic E-state index is 12.1. The molecule has 68 valence electrons. The normalized spacial score (nSPS) is 13.4. The van der Waals surface area contributed by atoms with Gasteiger partial charge in [-0.25, -0.2) is 9.37 Å². The Balaban J connectivity index is 2.49. The Kier molecular flexibility index (Phi) is 1.98. The van der Waals surface area contributed by atoms with Crippen molar-refractivity contribution in [2.45, 2.75) is 6.10 Å². The maximum Gasteiger partial charge on any atom is 0.137 e. The van der Waals surface area contributed by atoms with E-state index in [1.165, 1.54) is 0 Å². The molecule has 0 spiro atoms. The van der Waals surface area contributed by atoms with Gasteiger partial charge in [0.05, 0.1) is 5.69 Å². The van der Waals surface area contributed by atoms with Crippen LogP contribution in [0.5, 0.6) is 0 Å². The number of nitrogens with zero attached hydrogens (tertiary/aromatic N) is 2. The van der Waals surface area contributed by atoms with E-state index >= 15 is 0 Å². The number of fused-ring (bicyclic) bond motifs is 1. The average molecular weight is 180 g/mol. The van der Waals surface area contributed by atoms with Crippen LogP contribution in [-0.2, 0) is 0 Å². The molecule has 0 aliphatic carbocycles. The molecule has 0 fully saturated rings. The highest BCUT2D eigenvalue weighted by atomic mass is 19.1. The summed E-state index contributed by atoms with van der Waals surface area (Å²) in [6, 6.07) is 5.49. The lowest BCUT2D eigenvalue weighted by Crippen LogP contribution is -1.98. The number of pyridine rings is 1. The average Bonchev–Trinajstić information content (AvgIpc) is 2.59. The van der Waals surface area contributed by atoms with E-state index in [1.54, 1.807) is 22.9 Å². The molecule has 2 aromatic heterocycles. The molecule has 0 radical (unpaired) electrons. The molecule has 0 amide bonds. The zero-order valence-corrected chi connectivity index (χ0v) is 6.89. The number of aliphatic hydroxyl groups excluding tert-OH is 1. The Morgan fingerprint density at radius 3 is 3.08 bits per heavy atom. The van der Waals surface area contributed by atoms with Crippen molar-refractivity contribution in [2.24, 2.45) is 0 Å². The molecule has 1 N–H and O–H groups in total. The van der Waals surface area contributed by atoms with Crippen molar-refractivity contribution in [1.29, 1.82) is 0 Å². The van der Waals surface area contributed by atoms with Gasteiger partial charge in [0.2, 0.25) is 0 Å². The third-order valence-electron chi connectivity index (χ3n) is 1.87. The molecule has 2 rings (SSSR count). The van der Waals surface area contributed by atoms with Crippen LogP contribution in [0, 0.1) is 0 Å². The van der Waals surface area contributed by atoms with Crippen LogP contribution in [0.15, 0.2) is 30.6 Å². The molecule has 1 unspecified atom stereocenters. The standard InChI is InChI=1S/C9H9FN2O/c10-5-8(13)7-6-12-4-2-1-3-9(12)11-7/h1-4,6,8,13H,5H2. The Hall–Kier alpha value is -1.42. The Bertz CT molecular complexity index is 380. The molecule has 0 saturated carbocycles. The number of rotatable bonds is 2. The quantitative estimate of drug-likeness (QED) is 0.757. The molecule has 13 heavy (non-hydrogen) atoms. The summed E-state index contributed by atoms with van der Waals surface area (Å²) >= 11 is 0. The molecule has 0 aliphatic rings. The summed E-state index contributed by atoms with van der Waals surface area (Å²) in [5, 5.41) is 9.18. The number of aromatic nitrogens is 2. The fourth-order valence-electron chi connectivity index (χ4n) is 1.19. The zero-order valence-electron chi connectivity index (χ0n) is 6.89. The van der Waals surface area contributed by atoms with Crippen molar-refractivity contribution in [3.05, 3.63) is 36.3 Å². The van der Waals surface area contributed by atoms with Crippen molar-refractivity contribution >= 4 is 5.65 Å². The first-order valence-corrected chi connectivity index (χ1v) is 3.99. The van der Waals surface area contributed by atoms with Crippen molar-refractivity contribution < 1.29 is 9.50 Å². The number of hydrogen-bond donors (Lipinski definition) is 1. The van der Waals surface area contributed by atoms with Crippen LogP contribution in [0.2, 0.25) is 0 Å². The Morgan fingerprint density at radius 2 is 2.38 bits per heavy atom. The molecule has 0 aromatic carbocycles. The summed E-state index contributed by atoms with van der Waals surface area (Å²) in [7, 11) is 0. The largest absolute Gasteiger partial charge is 0.384 e. The van der Waals surface area contributed by atoms with E-state index in [-0.39, 0.29) is 0 Å². The minimum absolute atomic E-state index is 0.369. The van der Waals surface area contributed by atoms with Crippen molar-refractivity contribution in [2.75, 3.05) is 6.67 Å². The predicted molar refractivity (Wildman–Crippen MR) is 46.1 cm³/mol. The van der Waals surface area contributed by atoms with E-state index in [2.05, 4.69) is 4.98 Å². The predicted octanol–water partition coefficient (Wildman–Crippen LogP) is 1.34. The summed E-state index contributed by atoms with van der Waals surface area (Å²) in [5.74, 6) is 0. The number of imidazole rings is 1. The number of hydrogen-bond acceptors (Lipinski definition) is 2. The third-order valence-corrected chi connectivity index (χ3v) is 1.87. The van der Waals surface area contributed by atoms with Gasteiger partial charge in [0, 0.05) is 12.4 Å². The first kappa shape index (κ1) is 8.19. The van der Waals surface area contributed by atoms with Crippen LogP contribution in [0.4, 0.5) is 4.39 Å². The molecule has 0 aliphatic heterocycles. The fraction of sp³-hybridized carbons (Fsp3) is 0.222. The molecule has 0 saturated heterocycles. The van der Waals surface area contributed by atoms with Gasteiger partial charge in [0.1, 0.15) is 18.4 Å². The molecular weight excluding hydrogens is 171 g/mol. The zero-order chi connectivity index (χ0) is 9.26. The minimum atomic E-state index is -1.11. The van der Waals surface area contributed by atoms with Crippen LogP contribution >= 0.6 is 0 Å². The second-order valence-corrected chi connectivity index (χ2v) is 2.80. The summed E-state index contributed by atoms with van der Waals surface area (Å²) in [5.41, 5.74) is 1.08. The van der Waals surface area contributed by atoms with Crippen molar-refractivity contribution in [1.82, 2.24) is 9.38 Å². The number of halogens is 1. The highest BCUT2D eigenvalue weighted by molar-refractivity contribution is 5.39. The van der Waals surface area contributed by atoms with Crippen LogP contribution in [-0.4, -0.2) is 21.2 Å². The minimum Gasteiger partial charge on any atom is -0.384 e. The van der Waals surface area contributed by atoms with Gasteiger partial charge in [-0.1, -0.05) is 6.07 Å². The van der Waals surface area contributed by atoms with E-state index in [0.29, 0.717) is 11.3 Å². The van der Waals surface area contributed by atoms with E-state index in [4.69, 9.17) is 0 Å². The van der Waals surface area contributed by atoms with Gasteiger partial charge < -0.3 is 9.51 Å². The van der Waals surface area contributed by atoms with E-state index < -0.39 is 12.8 Å². The lowest BCUT2D eigenvalue weighted by Gasteiger charge is -1.98. The van der Waals surface area contributed by atoms with Crippen LogP contribution in [0.1, 0.15) is 11.8 Å². The first-order valence-electron chi connectivity index (χ1n) is 3.99. The molecule has 2 heterocycles. The summed E-state index contributed by atoms with van der Waals surface area (Å²) in [6.07, 6.45) is 2.32. The molecule has 1 atom stereocenters. The lowest BCUT2D eigenvalue weighted by atomic mass is 10.3. The second-order valence-electron chi connectivity index (χ2n) is 2.80. The van der Waals surface area contributed by atoms with Gasteiger partial charge in [-0.05, 0) is 12.1 Å². The van der Waals surface area contributed by atoms with Crippen LogP contribution < -0.4 is 0 Å². The van der Waals surface area contributed by atoms with Gasteiger partial charge in [-0.15, -0.1) is 0 Å². The topological polar surface area (TPSA) is 37.5 Å². The van der Waals surface area contributed by atoms with E-state index in [1.807, 2.05) is 12.1 Å². The monoisotopic (exact) mass is 180 g/mol. The Labute approximate surface area is 74.5 Å². The van der Waals surface area contributed by atoms with Crippen molar-refractivity contribution in [3.8, 4) is 0 Å². The third kappa shape index (κ3) is 1.40. The van der Waals surface area contributed by atoms with Crippen LogP contribution in [0.25, 0.3) is 5.65 Å². The maximum atomic E-state index is 12.1. The number of aliphatic hydroxyl groups is 1. The van der Waals surface area contributed by atoms with E-state index in [9.17, 15) is 9.50 Å². The summed E-state index contributed by atoms with van der Waals surface area (Å²) in [6.45, 7) is -0.802.